The number of ketones is 1. The molecule has 0 aliphatic rings. The molecule has 1 aromatic heterocycles. The first-order valence-electron chi connectivity index (χ1n) is 5.96. The summed E-state index contributed by atoms with van der Waals surface area (Å²) in [6.07, 6.45) is 0. The van der Waals surface area contributed by atoms with Crippen molar-refractivity contribution in [2.24, 2.45) is 0 Å². The topological polar surface area (TPSA) is 93.1 Å². The zero-order valence-electron chi connectivity index (χ0n) is 10.5. The maximum atomic E-state index is 12.3. The number of H-pyrrole nitrogens is 1. The Morgan fingerprint density at radius 1 is 1.10 bits per heavy atom. The molecule has 21 heavy (non-hydrogen) atoms. The van der Waals surface area contributed by atoms with E-state index < -0.39 is 4.92 Å². The second-order valence-corrected chi connectivity index (χ2v) is 6.49. The van der Waals surface area contributed by atoms with Crippen LogP contribution in [0.5, 0.6) is 0 Å². The molecule has 0 bridgehead atoms. The molecule has 0 unspecified atom stereocenters. The van der Waals surface area contributed by atoms with Gasteiger partial charge in [0.2, 0.25) is 0 Å². The first-order chi connectivity index (χ1) is 10.0. The number of fused-ring (bicyclic) bond motifs is 1. The summed E-state index contributed by atoms with van der Waals surface area (Å²) in [5, 5.41) is 10.6. The van der Waals surface area contributed by atoms with Gasteiger partial charge in [0.05, 0.1) is 0 Å². The number of carbonyl (C=O) groups is 1. The van der Waals surface area contributed by atoms with Crippen LogP contribution >= 0.6 is 0 Å². The van der Waals surface area contributed by atoms with Crippen LogP contribution in [0.15, 0.2) is 47.3 Å². The first kappa shape index (κ1) is 13.5. The molecule has 0 aliphatic carbocycles. The molecule has 7 heteroatoms. The summed E-state index contributed by atoms with van der Waals surface area (Å²) in [5.41, 5.74) is 1.55. The Labute approximate surface area is 123 Å². The van der Waals surface area contributed by atoms with Crippen molar-refractivity contribution in [2.45, 2.75) is 0 Å². The molecule has 0 aliphatic heterocycles. The number of nitro benzene ring substituents is 1. The van der Waals surface area contributed by atoms with Gasteiger partial charge >= 0.3 is 123 Å². The third kappa shape index (κ3) is 2.56. The van der Waals surface area contributed by atoms with Crippen LogP contribution in [0, 0.1) is 10.1 Å². The summed E-state index contributed by atoms with van der Waals surface area (Å²) in [7, 11) is 0. The first-order valence-corrected chi connectivity index (χ1v) is 7.68. The zero-order chi connectivity index (χ0) is 15.0. The van der Waals surface area contributed by atoms with E-state index in [1.807, 2.05) is 0 Å². The fraction of sp³-hybridized carbons (Fsp3) is 0. The summed E-state index contributed by atoms with van der Waals surface area (Å²) in [5.74, 6) is -0.220. The van der Waals surface area contributed by atoms with Crippen molar-refractivity contribution in [1.29, 1.82) is 0 Å². The molecule has 0 spiro atoms. The van der Waals surface area contributed by atoms with Crippen LogP contribution in [0.4, 0.5) is 5.69 Å². The van der Waals surface area contributed by atoms with Gasteiger partial charge in [-0.2, -0.15) is 0 Å². The Bertz CT molecular complexity index is 909. The van der Waals surface area contributed by atoms with Crippen LogP contribution in [0.3, 0.4) is 0 Å². The van der Waals surface area contributed by atoms with Gasteiger partial charge in [-0.25, -0.2) is 0 Å². The van der Waals surface area contributed by atoms with Gasteiger partial charge in [-0.15, -0.1) is 0 Å². The average Bonchev–Trinajstić information content (AvgIpc) is 2.85. The quantitative estimate of drug-likeness (QED) is 0.338. The molecule has 1 N–H and O–H groups in total. The zero-order valence-corrected chi connectivity index (χ0v) is 12.2. The van der Waals surface area contributed by atoms with Crippen LogP contribution < -0.4 is 4.43 Å². The van der Waals surface area contributed by atoms with Gasteiger partial charge in [0, 0.05) is 0 Å². The van der Waals surface area contributed by atoms with Crippen LogP contribution in [0.1, 0.15) is 15.9 Å². The van der Waals surface area contributed by atoms with E-state index in [9.17, 15) is 19.7 Å². The third-order valence-corrected chi connectivity index (χ3v) is 4.80. The second kappa shape index (κ2) is 5.12. The minimum absolute atomic E-state index is 0.0302. The van der Waals surface area contributed by atoms with Crippen LogP contribution in [0.2, 0.25) is 0 Å². The molecule has 0 radical (unpaired) electrons. The molecule has 104 valence electrons. The molecule has 1 heterocycles. The summed E-state index contributed by atoms with van der Waals surface area (Å²) >= 11 is -0.318. The predicted molar refractivity (Wildman–Crippen MR) is 78.0 cm³/mol. The monoisotopic (exact) mass is 348 g/mol. The van der Waals surface area contributed by atoms with Gasteiger partial charge in [0.25, 0.3) is 0 Å². The van der Waals surface area contributed by atoms with E-state index in [0.29, 0.717) is 11.1 Å². The van der Waals surface area contributed by atoms with Crippen molar-refractivity contribution in [3.8, 4) is 0 Å². The Morgan fingerprint density at radius 2 is 1.76 bits per heavy atom. The van der Waals surface area contributed by atoms with Gasteiger partial charge in [-0.1, -0.05) is 0 Å². The summed E-state index contributed by atoms with van der Waals surface area (Å²) in [6, 6.07) is 10.5. The molecule has 0 fully saturated rings. The van der Waals surface area contributed by atoms with Crippen LogP contribution in [0.25, 0.3) is 9.78 Å². The van der Waals surface area contributed by atoms with Gasteiger partial charge in [-0.3, -0.25) is 0 Å². The normalized spacial score (nSPS) is 10.7. The van der Waals surface area contributed by atoms with Crippen molar-refractivity contribution in [1.82, 2.24) is 4.98 Å². The number of nitrogens with zero attached hydrogens (tertiary/aromatic N) is 1. The number of nitro groups is 1. The maximum absolute atomic E-state index is 12.3. The van der Waals surface area contributed by atoms with Crippen molar-refractivity contribution >= 4 is 35.8 Å². The number of hydrogen-bond donors (Lipinski definition) is 1. The summed E-state index contributed by atoms with van der Waals surface area (Å²) in [4.78, 5) is 36.5. The fourth-order valence-electron chi connectivity index (χ4n) is 1.99. The molecule has 0 saturated carbocycles. The second-order valence-electron chi connectivity index (χ2n) is 4.36. The van der Waals surface area contributed by atoms with Gasteiger partial charge in [0.1, 0.15) is 0 Å². The molecule has 2 aromatic carbocycles. The third-order valence-electron chi connectivity index (χ3n) is 3.02. The van der Waals surface area contributed by atoms with Crippen LogP contribution in [-0.4, -0.2) is 30.2 Å². The van der Waals surface area contributed by atoms with Gasteiger partial charge in [-0.05, 0) is 0 Å². The number of non-ortho nitro benzene ring substituents is 1. The van der Waals surface area contributed by atoms with Crippen LogP contribution in [-0.2, 0) is 0 Å². The number of benzene rings is 2. The van der Waals surface area contributed by atoms with Gasteiger partial charge < -0.3 is 0 Å². The minimum atomic E-state index is -0.510. The summed E-state index contributed by atoms with van der Waals surface area (Å²) < 4.78 is 0.817. The van der Waals surface area contributed by atoms with Crippen molar-refractivity contribution in [2.75, 3.05) is 0 Å². The van der Waals surface area contributed by atoms with E-state index in [2.05, 4.69) is 4.98 Å². The summed E-state index contributed by atoms with van der Waals surface area (Å²) in [6.45, 7) is 0. The average molecular weight is 347 g/mol. The number of aromatic nitrogens is 1. The van der Waals surface area contributed by atoms with E-state index >= 15 is 0 Å². The van der Waals surface area contributed by atoms with Crippen molar-refractivity contribution in [3.05, 3.63) is 72.9 Å². The molecular formula is C14H8N2O4Se. The Morgan fingerprint density at radius 3 is 2.43 bits per heavy atom. The fourth-order valence-corrected chi connectivity index (χ4v) is 3.62. The van der Waals surface area contributed by atoms with Crippen molar-refractivity contribution < 1.29 is 9.72 Å². The molecule has 0 saturated heterocycles. The van der Waals surface area contributed by atoms with E-state index in [1.54, 1.807) is 18.2 Å². The number of aromatic amines is 1. The molecule has 3 aromatic rings. The van der Waals surface area contributed by atoms with Gasteiger partial charge in [0.15, 0.2) is 0 Å². The molecular weight excluding hydrogens is 339 g/mol. The Hall–Kier alpha value is -2.50. The van der Waals surface area contributed by atoms with E-state index in [1.165, 1.54) is 24.3 Å². The SMILES string of the molecule is O=C(c1ccc([N+](=O)[O-])cc1)c1ccc2[nH]c(=O)[se]c2c1. The van der Waals surface area contributed by atoms with E-state index in [4.69, 9.17) is 0 Å². The van der Waals surface area contributed by atoms with E-state index in [-0.39, 0.29) is 30.4 Å². The van der Waals surface area contributed by atoms with Crippen molar-refractivity contribution in [3.63, 3.8) is 0 Å². The number of nitrogens with one attached hydrogen (secondary N) is 1. The van der Waals surface area contributed by atoms with E-state index in [0.717, 1.165) is 9.78 Å². The predicted octanol–water partition coefficient (Wildman–Crippen LogP) is 1.72. The molecule has 3 rings (SSSR count). The molecule has 0 amide bonds. The number of hydrogen-bond acceptors (Lipinski definition) is 4. The Balaban J connectivity index is 1.99. The standard InChI is InChI=1S/C14H8N2O4Se/c17-13(8-1-4-10(5-2-8)16(19)20)9-3-6-11-12(7-9)21-14(18)15-11/h1-7H,(H,15,18). The molecule has 6 nitrogen and oxygen atoms in total. The molecule has 0 atom stereocenters. The number of rotatable bonds is 3. The number of carbonyl (C=O) groups excluding carboxylic acids is 1. The Kier molecular flexibility index (Phi) is 3.29.